The molecule has 3 aromatic rings. The molecule has 3 rings (SSSR count). The zero-order chi connectivity index (χ0) is 20.6. The summed E-state index contributed by atoms with van der Waals surface area (Å²) >= 11 is 11.5. The molecular formula is C21H24ClN5OS. The van der Waals surface area contributed by atoms with Crippen molar-refractivity contribution in [1.29, 1.82) is 0 Å². The summed E-state index contributed by atoms with van der Waals surface area (Å²) in [6, 6.07) is 11.3. The van der Waals surface area contributed by atoms with Crippen molar-refractivity contribution in [3.8, 4) is 17.1 Å². The Balaban J connectivity index is 1.59. The molecule has 8 heteroatoms. The quantitative estimate of drug-likeness (QED) is 0.266. The third kappa shape index (κ3) is 5.76. The molecule has 0 fully saturated rings. The number of rotatable bonds is 10. The van der Waals surface area contributed by atoms with E-state index in [0.717, 1.165) is 30.1 Å². The highest BCUT2D eigenvalue weighted by Crippen LogP contribution is 2.18. The third-order valence-corrected chi connectivity index (χ3v) is 4.98. The number of pyridine rings is 1. The Morgan fingerprint density at radius 1 is 1.28 bits per heavy atom. The van der Waals surface area contributed by atoms with E-state index >= 15 is 0 Å². The largest absolute Gasteiger partial charge is 0.494 e. The summed E-state index contributed by atoms with van der Waals surface area (Å²) < 4.78 is 10.2. The number of hydrogen-bond donors (Lipinski definition) is 0. The minimum atomic E-state index is 0.594. The molecule has 0 unspecified atom stereocenters. The molecule has 0 amide bonds. The van der Waals surface area contributed by atoms with E-state index in [0.29, 0.717) is 29.6 Å². The highest BCUT2D eigenvalue weighted by atomic mass is 35.5. The topological polar surface area (TPSA) is 48.1 Å². The number of hydrogen-bond acceptors (Lipinski definition) is 5. The van der Waals surface area contributed by atoms with Gasteiger partial charge in [0, 0.05) is 36.1 Å². The lowest BCUT2D eigenvalue weighted by molar-refractivity contribution is 0.221. The van der Waals surface area contributed by atoms with Gasteiger partial charge >= 0.3 is 0 Å². The number of nitrogens with zero attached hydrogens (tertiary/aromatic N) is 5. The van der Waals surface area contributed by atoms with E-state index in [9.17, 15) is 0 Å². The van der Waals surface area contributed by atoms with E-state index in [1.54, 1.807) is 12.4 Å². The summed E-state index contributed by atoms with van der Waals surface area (Å²) in [5.41, 5.74) is 0.929. The van der Waals surface area contributed by atoms with Crippen LogP contribution in [0.4, 0.5) is 0 Å². The molecule has 0 saturated heterocycles. The van der Waals surface area contributed by atoms with E-state index in [1.165, 1.54) is 0 Å². The molecule has 0 aliphatic rings. The van der Waals surface area contributed by atoms with Crippen molar-refractivity contribution in [3.63, 3.8) is 0 Å². The lowest BCUT2D eigenvalue weighted by Crippen LogP contribution is -2.25. The Morgan fingerprint density at radius 3 is 2.76 bits per heavy atom. The first-order chi connectivity index (χ1) is 14.1. The SMILES string of the molecule is C=CCn1c(-c2cccnc2)nn(CN(C)CCCOc2ccc(Cl)cc2)c1=S. The van der Waals surface area contributed by atoms with Crippen molar-refractivity contribution >= 4 is 23.8 Å². The lowest BCUT2D eigenvalue weighted by Gasteiger charge is -2.16. The van der Waals surface area contributed by atoms with Crippen molar-refractivity contribution in [1.82, 2.24) is 24.2 Å². The van der Waals surface area contributed by atoms with Crippen LogP contribution in [0.2, 0.25) is 5.02 Å². The van der Waals surface area contributed by atoms with Gasteiger partial charge in [-0.3, -0.25) is 14.5 Å². The second-order valence-corrected chi connectivity index (χ2v) is 7.43. The summed E-state index contributed by atoms with van der Waals surface area (Å²) in [5.74, 6) is 1.62. The van der Waals surface area contributed by atoms with Gasteiger partial charge in [-0.05, 0) is 62.1 Å². The van der Waals surface area contributed by atoms with Gasteiger partial charge in [-0.25, -0.2) is 4.68 Å². The van der Waals surface area contributed by atoms with Crippen LogP contribution in [0.5, 0.6) is 5.75 Å². The average Bonchev–Trinajstić information content (AvgIpc) is 3.03. The van der Waals surface area contributed by atoms with E-state index < -0.39 is 0 Å². The van der Waals surface area contributed by atoms with Gasteiger partial charge in [-0.15, -0.1) is 6.58 Å². The molecule has 2 heterocycles. The molecular weight excluding hydrogens is 406 g/mol. The van der Waals surface area contributed by atoms with Gasteiger partial charge in [0.1, 0.15) is 5.75 Å². The Kier molecular flexibility index (Phi) is 7.57. The van der Waals surface area contributed by atoms with Gasteiger partial charge in [0.2, 0.25) is 0 Å². The molecule has 0 N–H and O–H groups in total. The zero-order valence-electron chi connectivity index (χ0n) is 16.4. The Labute approximate surface area is 181 Å². The van der Waals surface area contributed by atoms with Crippen LogP contribution in [0.25, 0.3) is 11.4 Å². The smallest absolute Gasteiger partial charge is 0.199 e. The maximum atomic E-state index is 5.89. The van der Waals surface area contributed by atoms with Crippen LogP contribution in [0.3, 0.4) is 0 Å². The summed E-state index contributed by atoms with van der Waals surface area (Å²) in [7, 11) is 2.04. The van der Waals surface area contributed by atoms with Crippen LogP contribution in [-0.4, -0.2) is 44.4 Å². The number of ether oxygens (including phenoxy) is 1. The van der Waals surface area contributed by atoms with E-state index in [-0.39, 0.29) is 0 Å². The number of benzene rings is 1. The van der Waals surface area contributed by atoms with Crippen LogP contribution in [0.15, 0.2) is 61.4 Å². The normalized spacial score (nSPS) is 11.0. The highest BCUT2D eigenvalue weighted by Gasteiger charge is 2.13. The minimum Gasteiger partial charge on any atom is -0.494 e. The van der Waals surface area contributed by atoms with Crippen LogP contribution in [0, 0.1) is 4.77 Å². The fourth-order valence-electron chi connectivity index (χ4n) is 2.89. The van der Waals surface area contributed by atoms with Gasteiger partial charge in [-0.1, -0.05) is 17.7 Å². The Morgan fingerprint density at radius 2 is 2.07 bits per heavy atom. The van der Waals surface area contributed by atoms with Crippen LogP contribution >= 0.6 is 23.8 Å². The number of allylic oxidation sites excluding steroid dienone is 1. The predicted octanol–water partition coefficient (Wildman–Crippen LogP) is 4.67. The fraction of sp³-hybridized carbons (Fsp3) is 0.286. The van der Waals surface area contributed by atoms with Gasteiger partial charge < -0.3 is 4.74 Å². The van der Waals surface area contributed by atoms with Gasteiger partial charge in [-0.2, -0.15) is 5.10 Å². The first-order valence-electron chi connectivity index (χ1n) is 9.34. The van der Waals surface area contributed by atoms with E-state index in [2.05, 4.69) is 16.5 Å². The zero-order valence-corrected chi connectivity index (χ0v) is 17.9. The molecule has 1 aromatic carbocycles. The molecule has 0 aliphatic heterocycles. The monoisotopic (exact) mass is 429 g/mol. The number of aromatic nitrogens is 4. The van der Waals surface area contributed by atoms with Crippen molar-refractivity contribution < 1.29 is 4.74 Å². The number of halogens is 1. The third-order valence-electron chi connectivity index (χ3n) is 4.30. The molecule has 2 aromatic heterocycles. The van der Waals surface area contributed by atoms with Crippen molar-refractivity contribution in [2.75, 3.05) is 20.2 Å². The van der Waals surface area contributed by atoms with Gasteiger partial charge in [0.05, 0.1) is 13.3 Å². The molecule has 0 bridgehead atoms. The van der Waals surface area contributed by atoms with Crippen molar-refractivity contribution in [2.45, 2.75) is 19.6 Å². The van der Waals surface area contributed by atoms with Crippen molar-refractivity contribution in [3.05, 3.63) is 71.2 Å². The molecule has 29 heavy (non-hydrogen) atoms. The molecule has 0 atom stereocenters. The minimum absolute atomic E-state index is 0.594. The second-order valence-electron chi connectivity index (χ2n) is 6.62. The first-order valence-corrected chi connectivity index (χ1v) is 10.1. The summed E-state index contributed by atoms with van der Waals surface area (Å²) in [6.45, 7) is 6.50. The standard InChI is InChI=1S/C21H24ClN5OS/c1-3-12-26-20(17-6-4-11-23-15-17)24-27(21(26)29)16-25(2)13-5-14-28-19-9-7-18(22)8-10-19/h3-4,6-11,15H,1,5,12-14,16H2,2H3. The molecule has 0 saturated carbocycles. The van der Waals surface area contributed by atoms with Crippen LogP contribution < -0.4 is 4.74 Å². The predicted molar refractivity (Wildman–Crippen MR) is 119 cm³/mol. The average molecular weight is 430 g/mol. The van der Waals surface area contributed by atoms with Crippen LogP contribution in [-0.2, 0) is 13.2 Å². The summed E-state index contributed by atoms with van der Waals surface area (Å²) in [5, 5.41) is 5.43. The highest BCUT2D eigenvalue weighted by molar-refractivity contribution is 7.71. The molecule has 6 nitrogen and oxygen atoms in total. The fourth-order valence-corrected chi connectivity index (χ4v) is 3.28. The molecule has 0 spiro atoms. The van der Waals surface area contributed by atoms with Crippen molar-refractivity contribution in [2.24, 2.45) is 0 Å². The van der Waals surface area contributed by atoms with E-state index in [4.69, 9.17) is 33.7 Å². The van der Waals surface area contributed by atoms with E-state index in [1.807, 2.05) is 58.8 Å². The second kappa shape index (κ2) is 10.3. The lowest BCUT2D eigenvalue weighted by atomic mass is 10.3. The summed E-state index contributed by atoms with van der Waals surface area (Å²) in [6.07, 6.45) is 6.24. The van der Waals surface area contributed by atoms with Crippen LogP contribution in [0.1, 0.15) is 6.42 Å². The maximum absolute atomic E-state index is 5.89. The first kappa shape index (κ1) is 21.2. The van der Waals surface area contributed by atoms with Gasteiger partial charge in [0.25, 0.3) is 0 Å². The molecule has 152 valence electrons. The van der Waals surface area contributed by atoms with Gasteiger partial charge in [0.15, 0.2) is 10.6 Å². The maximum Gasteiger partial charge on any atom is 0.199 e. The summed E-state index contributed by atoms with van der Waals surface area (Å²) in [4.78, 5) is 6.35. The Bertz CT molecular complexity index is 985. The molecule has 0 aliphatic carbocycles. The Hall–Kier alpha value is -2.48. The molecule has 0 radical (unpaired) electrons.